The summed E-state index contributed by atoms with van der Waals surface area (Å²) in [4.78, 5) is 10.5. The number of aliphatic carboxylic acids is 1. The van der Waals surface area contributed by atoms with Gasteiger partial charge in [0.1, 0.15) is 11.9 Å². The molecule has 0 spiro atoms. The van der Waals surface area contributed by atoms with Crippen molar-refractivity contribution in [3.63, 3.8) is 0 Å². The van der Waals surface area contributed by atoms with E-state index in [1.165, 1.54) is 6.07 Å². The lowest BCUT2D eigenvalue weighted by Crippen LogP contribution is -2.32. The van der Waals surface area contributed by atoms with Crippen molar-refractivity contribution in [2.24, 2.45) is 5.73 Å². The Labute approximate surface area is 81.4 Å². The van der Waals surface area contributed by atoms with Gasteiger partial charge in [-0.1, -0.05) is 17.7 Å². The van der Waals surface area contributed by atoms with Gasteiger partial charge in [-0.15, -0.1) is 0 Å². The van der Waals surface area contributed by atoms with E-state index in [1.54, 1.807) is 12.1 Å². The minimum Gasteiger partial charge on any atom is -0.480 e. The quantitative estimate of drug-likeness (QED) is 0.762. The highest BCUT2D eigenvalue weighted by Crippen LogP contribution is 2.11. The molecule has 1 rings (SSSR count). The Morgan fingerprint density at radius 2 is 2.29 bits per heavy atom. The van der Waals surface area contributed by atoms with E-state index >= 15 is 0 Å². The van der Waals surface area contributed by atoms with Gasteiger partial charge in [-0.3, -0.25) is 4.79 Å². The second kappa shape index (κ2) is 4.19. The number of rotatable bonds is 3. The fourth-order valence-corrected chi connectivity index (χ4v) is 1.18. The molecule has 14 heavy (non-hydrogen) atoms. The van der Waals surface area contributed by atoms with E-state index in [2.05, 4.69) is 0 Å². The summed E-state index contributed by atoms with van der Waals surface area (Å²) in [5, 5.41) is 8.56. The normalized spacial score (nSPS) is 12.5. The topological polar surface area (TPSA) is 63.3 Å². The van der Waals surface area contributed by atoms with Crippen LogP contribution in [-0.4, -0.2) is 17.1 Å². The highest BCUT2D eigenvalue weighted by atomic mass is 19.1. The first kappa shape index (κ1) is 10.7. The summed E-state index contributed by atoms with van der Waals surface area (Å²) < 4.78 is 13.1. The van der Waals surface area contributed by atoms with Crippen molar-refractivity contribution in [3.05, 3.63) is 35.1 Å². The van der Waals surface area contributed by atoms with Crippen LogP contribution in [0.3, 0.4) is 0 Å². The molecule has 0 unspecified atom stereocenters. The molecule has 0 aliphatic rings. The molecule has 1 aromatic carbocycles. The van der Waals surface area contributed by atoms with Crippen LogP contribution in [0.5, 0.6) is 0 Å². The minimum atomic E-state index is -1.12. The first-order valence-corrected chi connectivity index (χ1v) is 4.24. The molecule has 0 fully saturated rings. The van der Waals surface area contributed by atoms with Crippen LogP contribution in [-0.2, 0) is 11.2 Å². The lowest BCUT2D eigenvalue weighted by molar-refractivity contribution is -0.138. The van der Waals surface area contributed by atoms with E-state index in [1.807, 2.05) is 6.92 Å². The fraction of sp³-hybridized carbons (Fsp3) is 0.300. The zero-order chi connectivity index (χ0) is 10.7. The van der Waals surface area contributed by atoms with Gasteiger partial charge in [-0.2, -0.15) is 0 Å². The van der Waals surface area contributed by atoms with Crippen LogP contribution in [0.4, 0.5) is 4.39 Å². The van der Waals surface area contributed by atoms with Crippen molar-refractivity contribution in [1.29, 1.82) is 0 Å². The van der Waals surface area contributed by atoms with Gasteiger partial charge in [0, 0.05) is 6.42 Å². The number of aryl methyl sites for hydroxylation is 1. The average Bonchev–Trinajstić information content (AvgIpc) is 2.11. The molecule has 0 heterocycles. The molecule has 0 aliphatic heterocycles. The summed E-state index contributed by atoms with van der Waals surface area (Å²) in [6, 6.07) is 3.51. The molecule has 0 saturated heterocycles. The highest BCUT2D eigenvalue weighted by Gasteiger charge is 2.14. The smallest absolute Gasteiger partial charge is 0.320 e. The van der Waals surface area contributed by atoms with E-state index in [-0.39, 0.29) is 6.42 Å². The van der Waals surface area contributed by atoms with Crippen LogP contribution < -0.4 is 5.73 Å². The Morgan fingerprint density at radius 1 is 1.64 bits per heavy atom. The average molecular weight is 197 g/mol. The molecule has 0 bridgehead atoms. The summed E-state index contributed by atoms with van der Waals surface area (Å²) >= 11 is 0. The van der Waals surface area contributed by atoms with Crippen LogP contribution in [0.15, 0.2) is 18.2 Å². The maximum absolute atomic E-state index is 13.1. The van der Waals surface area contributed by atoms with Gasteiger partial charge in [-0.25, -0.2) is 4.39 Å². The lowest BCUT2D eigenvalue weighted by atomic mass is 10.0. The molecule has 1 atom stereocenters. The van der Waals surface area contributed by atoms with Gasteiger partial charge in [0.15, 0.2) is 0 Å². The summed E-state index contributed by atoms with van der Waals surface area (Å²) in [6.07, 6.45) is 0.0167. The lowest BCUT2D eigenvalue weighted by Gasteiger charge is -2.07. The zero-order valence-electron chi connectivity index (χ0n) is 7.83. The second-order valence-electron chi connectivity index (χ2n) is 3.24. The van der Waals surface area contributed by atoms with E-state index in [4.69, 9.17) is 10.8 Å². The van der Waals surface area contributed by atoms with Crippen LogP contribution in [0, 0.1) is 12.7 Å². The van der Waals surface area contributed by atoms with Crippen molar-refractivity contribution in [1.82, 2.24) is 0 Å². The maximum Gasteiger partial charge on any atom is 0.320 e. The monoisotopic (exact) mass is 197 g/mol. The van der Waals surface area contributed by atoms with E-state index < -0.39 is 17.8 Å². The van der Waals surface area contributed by atoms with Crippen molar-refractivity contribution in [2.75, 3.05) is 0 Å². The van der Waals surface area contributed by atoms with Crippen molar-refractivity contribution in [2.45, 2.75) is 19.4 Å². The first-order chi connectivity index (χ1) is 6.50. The molecule has 0 saturated carbocycles. The Bertz CT molecular complexity index is 352. The van der Waals surface area contributed by atoms with Crippen molar-refractivity contribution >= 4 is 5.97 Å². The number of carboxylic acids is 1. The summed E-state index contributed by atoms with van der Waals surface area (Å²) in [6.45, 7) is 1.81. The summed E-state index contributed by atoms with van der Waals surface area (Å²) in [5.74, 6) is -1.53. The third-order valence-corrected chi connectivity index (χ3v) is 1.96. The van der Waals surface area contributed by atoms with Gasteiger partial charge in [-0.05, 0) is 18.6 Å². The van der Waals surface area contributed by atoms with Gasteiger partial charge in [0.2, 0.25) is 0 Å². The number of carboxylic acid groups (broad SMARTS) is 1. The van der Waals surface area contributed by atoms with Gasteiger partial charge < -0.3 is 10.8 Å². The third-order valence-electron chi connectivity index (χ3n) is 1.96. The Kier molecular flexibility index (Phi) is 3.19. The molecule has 76 valence electrons. The van der Waals surface area contributed by atoms with E-state index in [9.17, 15) is 9.18 Å². The molecular weight excluding hydrogens is 185 g/mol. The molecule has 0 amide bonds. The van der Waals surface area contributed by atoms with Crippen LogP contribution in [0.1, 0.15) is 11.1 Å². The standard InChI is InChI=1S/C10H12FNO2/c1-6-2-3-8(11)7(4-6)5-9(12)10(13)14/h2-4,9H,5,12H2,1H3,(H,13,14)/t9-/m0/s1. The third kappa shape index (κ3) is 2.53. The number of carbonyl (C=O) groups is 1. The Balaban J connectivity index is 2.85. The summed E-state index contributed by atoms with van der Waals surface area (Å²) in [5.41, 5.74) is 6.54. The number of hydrogen-bond donors (Lipinski definition) is 2. The predicted octanol–water partition coefficient (Wildman–Crippen LogP) is 1.09. The fourth-order valence-electron chi connectivity index (χ4n) is 1.18. The molecule has 3 N–H and O–H groups in total. The Hall–Kier alpha value is -1.42. The SMILES string of the molecule is Cc1ccc(F)c(C[C@H](N)C(=O)O)c1. The molecule has 1 aromatic rings. The van der Waals surface area contributed by atoms with Crippen LogP contribution in [0.2, 0.25) is 0 Å². The largest absolute Gasteiger partial charge is 0.480 e. The number of hydrogen-bond acceptors (Lipinski definition) is 2. The molecule has 0 radical (unpaired) electrons. The van der Waals surface area contributed by atoms with Gasteiger partial charge in [0.05, 0.1) is 0 Å². The molecule has 4 heteroatoms. The van der Waals surface area contributed by atoms with Crippen LogP contribution in [0.25, 0.3) is 0 Å². The highest BCUT2D eigenvalue weighted by molar-refractivity contribution is 5.73. The molecule has 3 nitrogen and oxygen atoms in total. The van der Waals surface area contributed by atoms with E-state index in [0.717, 1.165) is 5.56 Å². The number of halogens is 1. The minimum absolute atomic E-state index is 0.0167. The maximum atomic E-state index is 13.1. The van der Waals surface area contributed by atoms with Gasteiger partial charge >= 0.3 is 5.97 Å². The zero-order valence-corrected chi connectivity index (χ0v) is 7.83. The second-order valence-corrected chi connectivity index (χ2v) is 3.24. The number of nitrogens with two attached hydrogens (primary N) is 1. The Morgan fingerprint density at radius 3 is 2.86 bits per heavy atom. The first-order valence-electron chi connectivity index (χ1n) is 4.24. The van der Waals surface area contributed by atoms with Crippen molar-refractivity contribution in [3.8, 4) is 0 Å². The summed E-state index contributed by atoms with van der Waals surface area (Å²) in [7, 11) is 0. The predicted molar refractivity (Wildman–Crippen MR) is 50.5 cm³/mol. The molecule has 0 aromatic heterocycles. The van der Waals surface area contributed by atoms with Crippen LogP contribution >= 0.6 is 0 Å². The van der Waals surface area contributed by atoms with Gasteiger partial charge in [0.25, 0.3) is 0 Å². The molecular formula is C10H12FNO2. The van der Waals surface area contributed by atoms with Crippen molar-refractivity contribution < 1.29 is 14.3 Å². The number of benzene rings is 1. The van der Waals surface area contributed by atoms with E-state index in [0.29, 0.717) is 5.56 Å². The molecule has 0 aliphatic carbocycles.